The summed E-state index contributed by atoms with van der Waals surface area (Å²) in [5.74, 6) is 5.43. The highest BCUT2D eigenvalue weighted by Crippen LogP contribution is 2.68. The fourth-order valence-electron chi connectivity index (χ4n) is 9.06. The quantitative estimate of drug-likeness (QED) is 0.446. The van der Waals surface area contributed by atoms with Gasteiger partial charge in [0.2, 0.25) is 0 Å². The lowest BCUT2D eigenvalue weighted by Gasteiger charge is -2.60. The van der Waals surface area contributed by atoms with E-state index in [9.17, 15) is 4.79 Å². The first-order valence-corrected chi connectivity index (χ1v) is 12.4. The van der Waals surface area contributed by atoms with Gasteiger partial charge in [0.05, 0.1) is 0 Å². The lowest BCUT2D eigenvalue weighted by atomic mass is 9.44. The first-order chi connectivity index (χ1) is 13.3. The van der Waals surface area contributed by atoms with Crippen LogP contribution in [0.3, 0.4) is 0 Å². The van der Waals surface area contributed by atoms with Gasteiger partial charge in [-0.05, 0) is 112 Å². The highest BCUT2D eigenvalue weighted by Gasteiger charge is 2.61. The van der Waals surface area contributed by atoms with Crippen LogP contribution < -0.4 is 0 Å². The van der Waals surface area contributed by atoms with Crippen LogP contribution in [0.5, 0.6) is 0 Å². The zero-order valence-electron chi connectivity index (χ0n) is 19.1. The smallest absolute Gasteiger partial charge is 0.136 e. The second kappa shape index (κ2) is 7.59. The predicted octanol–water partition coefficient (Wildman–Crippen LogP) is 7.60. The molecule has 0 saturated heterocycles. The Hall–Kier alpha value is -0.590. The molecule has 0 radical (unpaired) electrons. The molecule has 4 saturated carbocycles. The van der Waals surface area contributed by atoms with Gasteiger partial charge in [-0.3, -0.25) is 4.79 Å². The lowest BCUT2D eigenvalue weighted by Crippen LogP contribution is -2.54. The Morgan fingerprint density at radius 1 is 1.07 bits per heavy atom. The summed E-state index contributed by atoms with van der Waals surface area (Å²) in [5.41, 5.74) is 2.23. The molecule has 4 aliphatic carbocycles. The van der Waals surface area contributed by atoms with Crippen LogP contribution in [0.1, 0.15) is 105 Å². The van der Waals surface area contributed by atoms with Gasteiger partial charge in [0.15, 0.2) is 0 Å². The van der Waals surface area contributed by atoms with Crippen LogP contribution in [0.4, 0.5) is 0 Å². The van der Waals surface area contributed by atoms with Crippen molar-refractivity contribution in [3.63, 3.8) is 0 Å². The van der Waals surface area contributed by atoms with Crippen molar-refractivity contribution in [3.05, 3.63) is 12.2 Å². The van der Waals surface area contributed by atoms with Gasteiger partial charge < -0.3 is 0 Å². The Morgan fingerprint density at radius 2 is 1.82 bits per heavy atom. The van der Waals surface area contributed by atoms with Crippen molar-refractivity contribution in [1.29, 1.82) is 0 Å². The van der Waals surface area contributed by atoms with Gasteiger partial charge >= 0.3 is 0 Å². The number of carbonyl (C=O) groups excluding carboxylic acids is 1. The van der Waals surface area contributed by atoms with Crippen molar-refractivity contribution >= 4 is 5.78 Å². The number of hydrogen-bond donors (Lipinski definition) is 0. The van der Waals surface area contributed by atoms with Gasteiger partial charge in [0.1, 0.15) is 5.78 Å². The van der Waals surface area contributed by atoms with Gasteiger partial charge in [0, 0.05) is 12.3 Å². The minimum absolute atomic E-state index is 0.324. The molecule has 1 unspecified atom stereocenters. The summed E-state index contributed by atoms with van der Waals surface area (Å²) in [6.45, 7) is 14.0. The molecule has 0 amide bonds. The van der Waals surface area contributed by atoms with E-state index in [1.165, 1.54) is 69.8 Å². The Kier molecular flexibility index (Phi) is 5.60. The fourth-order valence-corrected chi connectivity index (χ4v) is 9.06. The molecule has 0 heterocycles. The zero-order chi connectivity index (χ0) is 20.1. The molecule has 8 atom stereocenters. The highest BCUT2D eigenvalue weighted by atomic mass is 16.1. The molecule has 28 heavy (non-hydrogen) atoms. The number of hydrogen-bond acceptors (Lipinski definition) is 1. The van der Waals surface area contributed by atoms with E-state index >= 15 is 0 Å². The molecule has 0 aromatic heterocycles. The average molecular weight is 385 g/mol. The minimum atomic E-state index is 0.324. The van der Waals surface area contributed by atoms with E-state index in [0.29, 0.717) is 22.5 Å². The van der Waals surface area contributed by atoms with E-state index in [1.54, 1.807) is 0 Å². The van der Waals surface area contributed by atoms with Crippen molar-refractivity contribution < 1.29 is 4.79 Å². The standard InChI is InChI=1S/C27H44O/c1-18(2)8-6-9-19(3)21-13-14-22-20-11-12-24-25(28)10-7-16-26(24,4)23(20)15-17-27(21,22)5/h19-24H,1,6-17H2,2-5H3/t19-,20+,21-,22+,23+,24?,26-,27-/m1/s1. The van der Waals surface area contributed by atoms with Crippen LogP contribution in [0, 0.1) is 46.3 Å². The zero-order valence-corrected chi connectivity index (χ0v) is 19.1. The third kappa shape index (κ3) is 3.24. The van der Waals surface area contributed by atoms with Gasteiger partial charge in [-0.2, -0.15) is 0 Å². The molecule has 0 aromatic rings. The van der Waals surface area contributed by atoms with Gasteiger partial charge in [0.25, 0.3) is 0 Å². The monoisotopic (exact) mass is 384 g/mol. The molecular weight excluding hydrogens is 340 g/mol. The molecule has 158 valence electrons. The molecule has 0 spiro atoms. The van der Waals surface area contributed by atoms with Crippen molar-refractivity contribution in [1.82, 2.24) is 0 Å². The van der Waals surface area contributed by atoms with Crippen molar-refractivity contribution in [3.8, 4) is 0 Å². The van der Waals surface area contributed by atoms with E-state index in [0.717, 1.165) is 42.4 Å². The van der Waals surface area contributed by atoms with Crippen molar-refractivity contribution in [2.45, 2.75) is 105 Å². The molecule has 1 heteroatoms. The first kappa shape index (κ1) is 20.7. The second-order valence-corrected chi connectivity index (χ2v) is 11.9. The van der Waals surface area contributed by atoms with Gasteiger partial charge in [-0.1, -0.05) is 32.8 Å². The SMILES string of the molecule is C=C(C)CCC[C@@H](C)[C@H]1CC[C@H]2[C@@H]3CCC4C(=O)CCC[C@]4(C)[C@H]3CC[C@]12C. The number of allylic oxidation sites excluding steroid dienone is 1. The average Bonchev–Trinajstić information content (AvgIpc) is 2.98. The van der Waals surface area contributed by atoms with E-state index in [4.69, 9.17) is 0 Å². The number of Topliss-reactive ketones (excluding diaryl/α,β-unsaturated/α-hetero) is 1. The Balaban J connectivity index is 1.49. The van der Waals surface area contributed by atoms with Crippen LogP contribution in [-0.2, 0) is 4.79 Å². The summed E-state index contributed by atoms with van der Waals surface area (Å²) in [6, 6.07) is 0. The summed E-state index contributed by atoms with van der Waals surface area (Å²) in [7, 11) is 0. The second-order valence-electron chi connectivity index (χ2n) is 11.9. The summed E-state index contributed by atoms with van der Waals surface area (Å²) < 4.78 is 0. The molecule has 0 bridgehead atoms. The van der Waals surface area contributed by atoms with Crippen LogP contribution in [0.15, 0.2) is 12.2 Å². The molecule has 4 aliphatic rings. The topological polar surface area (TPSA) is 17.1 Å². The van der Waals surface area contributed by atoms with Gasteiger partial charge in [-0.25, -0.2) is 0 Å². The maximum atomic E-state index is 12.7. The molecular formula is C27H44O. The third-order valence-electron chi connectivity index (χ3n) is 10.4. The van der Waals surface area contributed by atoms with E-state index in [2.05, 4.69) is 34.3 Å². The summed E-state index contributed by atoms with van der Waals surface area (Å²) in [5, 5.41) is 0. The van der Waals surface area contributed by atoms with Crippen molar-refractivity contribution in [2.24, 2.45) is 46.3 Å². The predicted molar refractivity (Wildman–Crippen MR) is 118 cm³/mol. The van der Waals surface area contributed by atoms with Crippen LogP contribution >= 0.6 is 0 Å². The molecule has 1 nitrogen and oxygen atoms in total. The molecule has 4 fully saturated rings. The summed E-state index contributed by atoms with van der Waals surface area (Å²) in [6.07, 6.45) is 15.5. The van der Waals surface area contributed by atoms with Crippen LogP contribution in [0.2, 0.25) is 0 Å². The molecule has 0 N–H and O–H groups in total. The molecule has 4 rings (SSSR count). The number of carbonyl (C=O) groups is 1. The maximum Gasteiger partial charge on any atom is 0.136 e. The minimum Gasteiger partial charge on any atom is -0.299 e. The largest absolute Gasteiger partial charge is 0.299 e. The normalized spacial score (nSPS) is 46.4. The third-order valence-corrected chi connectivity index (χ3v) is 10.4. The van der Waals surface area contributed by atoms with Crippen molar-refractivity contribution in [2.75, 3.05) is 0 Å². The first-order valence-electron chi connectivity index (χ1n) is 12.4. The number of fused-ring (bicyclic) bond motifs is 5. The number of ketones is 1. The number of rotatable bonds is 5. The van der Waals surface area contributed by atoms with E-state index in [1.807, 2.05) is 0 Å². The van der Waals surface area contributed by atoms with E-state index < -0.39 is 0 Å². The summed E-state index contributed by atoms with van der Waals surface area (Å²) in [4.78, 5) is 12.7. The molecule has 0 aromatic carbocycles. The Bertz CT molecular complexity index is 620. The van der Waals surface area contributed by atoms with Crippen LogP contribution in [-0.4, -0.2) is 5.78 Å². The lowest BCUT2D eigenvalue weighted by molar-refractivity contribution is -0.149. The Labute approximate surface area is 174 Å². The summed E-state index contributed by atoms with van der Waals surface area (Å²) >= 11 is 0. The fraction of sp³-hybridized carbons (Fsp3) is 0.889. The molecule has 0 aliphatic heterocycles. The van der Waals surface area contributed by atoms with Gasteiger partial charge in [-0.15, -0.1) is 6.58 Å². The highest BCUT2D eigenvalue weighted by molar-refractivity contribution is 5.82. The maximum absolute atomic E-state index is 12.7. The Morgan fingerprint density at radius 3 is 2.57 bits per heavy atom. The van der Waals surface area contributed by atoms with Crippen LogP contribution in [0.25, 0.3) is 0 Å². The van der Waals surface area contributed by atoms with E-state index in [-0.39, 0.29) is 0 Å².